The molecule has 1 aromatic rings. The molecule has 0 aromatic carbocycles. The highest BCUT2D eigenvalue weighted by molar-refractivity contribution is 6.41. The predicted octanol–water partition coefficient (Wildman–Crippen LogP) is 3.93. The van der Waals surface area contributed by atoms with E-state index >= 15 is 0 Å². The molecule has 1 saturated heterocycles. The minimum absolute atomic E-state index is 0.380. The van der Waals surface area contributed by atoms with Gasteiger partial charge in [0.1, 0.15) is 5.15 Å². The molecule has 2 heterocycles. The molecular formula is C14H16Cl2N2. The lowest BCUT2D eigenvalue weighted by atomic mass is 9.78. The smallest absolute Gasteiger partial charge is 0.147 e. The first-order chi connectivity index (χ1) is 8.74. The summed E-state index contributed by atoms with van der Waals surface area (Å²) in [7, 11) is 0. The Bertz CT molecular complexity index is 485. The predicted molar refractivity (Wildman–Crippen MR) is 76.0 cm³/mol. The second-order valence-electron chi connectivity index (χ2n) is 5.13. The van der Waals surface area contributed by atoms with Crippen LogP contribution in [-0.2, 0) is 0 Å². The van der Waals surface area contributed by atoms with Crippen molar-refractivity contribution in [2.24, 2.45) is 5.92 Å². The molecule has 1 fully saturated rings. The Balaban J connectivity index is 1.84. The minimum atomic E-state index is 0.380. The molecule has 18 heavy (non-hydrogen) atoms. The van der Waals surface area contributed by atoms with Crippen LogP contribution in [-0.4, -0.2) is 17.6 Å². The van der Waals surface area contributed by atoms with E-state index in [0.717, 1.165) is 30.9 Å². The van der Waals surface area contributed by atoms with Gasteiger partial charge < -0.3 is 5.32 Å². The van der Waals surface area contributed by atoms with Crippen LogP contribution in [0.2, 0.25) is 10.2 Å². The number of hydrogen-bond donors (Lipinski definition) is 1. The Morgan fingerprint density at radius 3 is 3.06 bits per heavy atom. The highest BCUT2D eigenvalue weighted by Crippen LogP contribution is 2.35. The van der Waals surface area contributed by atoms with Gasteiger partial charge in [0.05, 0.1) is 5.02 Å². The maximum Gasteiger partial charge on any atom is 0.147 e. The molecule has 1 aliphatic heterocycles. The second-order valence-corrected chi connectivity index (χ2v) is 5.89. The standard InChI is InChI=1S/C14H16Cl2N2/c15-12-6-11(8-18-14(12)16)10-4-3-9-2-1-5-17-13(9)7-10/h4,6,8-9,13,17H,1-3,5,7H2/t9-,13+/m0/s1. The van der Waals surface area contributed by atoms with Crippen LogP contribution >= 0.6 is 23.2 Å². The molecule has 2 nitrogen and oxygen atoms in total. The molecule has 2 aliphatic rings. The van der Waals surface area contributed by atoms with E-state index in [1.165, 1.54) is 18.4 Å². The van der Waals surface area contributed by atoms with Gasteiger partial charge in [0.2, 0.25) is 0 Å². The zero-order valence-electron chi connectivity index (χ0n) is 10.1. The monoisotopic (exact) mass is 282 g/mol. The molecule has 96 valence electrons. The third kappa shape index (κ3) is 2.42. The Kier molecular flexibility index (Phi) is 3.60. The SMILES string of the molecule is Clc1cc(C2=CC[C@@H]3CCCN[C@@H]3C2)cnc1Cl. The molecule has 0 bridgehead atoms. The van der Waals surface area contributed by atoms with Crippen molar-refractivity contribution in [3.8, 4) is 0 Å². The Morgan fingerprint density at radius 1 is 1.33 bits per heavy atom. The number of halogens is 2. The van der Waals surface area contributed by atoms with Gasteiger partial charge in [-0.2, -0.15) is 0 Å². The summed E-state index contributed by atoms with van der Waals surface area (Å²) in [5, 5.41) is 4.54. The number of fused-ring (bicyclic) bond motifs is 1. The average molecular weight is 283 g/mol. The van der Waals surface area contributed by atoms with Crippen molar-refractivity contribution in [1.29, 1.82) is 0 Å². The fourth-order valence-corrected chi connectivity index (χ4v) is 3.26. The summed E-state index contributed by atoms with van der Waals surface area (Å²) in [4.78, 5) is 4.13. The van der Waals surface area contributed by atoms with E-state index in [9.17, 15) is 0 Å². The molecule has 1 N–H and O–H groups in total. The fraction of sp³-hybridized carbons (Fsp3) is 0.500. The lowest BCUT2D eigenvalue weighted by Crippen LogP contribution is -2.42. The maximum absolute atomic E-state index is 6.03. The molecular weight excluding hydrogens is 267 g/mol. The molecule has 2 atom stereocenters. The van der Waals surface area contributed by atoms with E-state index in [1.807, 2.05) is 12.3 Å². The Morgan fingerprint density at radius 2 is 2.22 bits per heavy atom. The molecule has 1 aromatic heterocycles. The summed E-state index contributed by atoms with van der Waals surface area (Å²) in [6, 6.07) is 2.54. The highest BCUT2D eigenvalue weighted by Gasteiger charge is 2.28. The van der Waals surface area contributed by atoms with Gasteiger partial charge in [0, 0.05) is 12.2 Å². The van der Waals surface area contributed by atoms with E-state index < -0.39 is 0 Å². The number of allylic oxidation sites excluding steroid dienone is 1. The molecule has 1 aliphatic carbocycles. The summed E-state index contributed by atoms with van der Waals surface area (Å²) in [5.74, 6) is 0.804. The quantitative estimate of drug-likeness (QED) is 0.790. The van der Waals surface area contributed by atoms with Gasteiger partial charge in [-0.05, 0) is 55.3 Å². The summed E-state index contributed by atoms with van der Waals surface area (Å²) in [6.07, 6.45) is 9.05. The van der Waals surface area contributed by atoms with Crippen LogP contribution < -0.4 is 5.32 Å². The third-order valence-electron chi connectivity index (χ3n) is 4.00. The van der Waals surface area contributed by atoms with E-state index in [2.05, 4.69) is 16.4 Å². The van der Waals surface area contributed by atoms with Crippen molar-refractivity contribution in [3.63, 3.8) is 0 Å². The number of nitrogens with zero attached hydrogens (tertiary/aromatic N) is 1. The molecule has 0 amide bonds. The summed E-state index contributed by atoms with van der Waals surface area (Å²) in [5.41, 5.74) is 2.45. The van der Waals surface area contributed by atoms with E-state index in [4.69, 9.17) is 23.2 Å². The lowest BCUT2D eigenvalue weighted by Gasteiger charge is -2.36. The van der Waals surface area contributed by atoms with Crippen LogP contribution in [0, 0.1) is 5.92 Å². The van der Waals surface area contributed by atoms with Crippen LogP contribution in [0.3, 0.4) is 0 Å². The number of rotatable bonds is 1. The zero-order chi connectivity index (χ0) is 12.5. The van der Waals surface area contributed by atoms with Gasteiger partial charge in [-0.15, -0.1) is 0 Å². The first-order valence-electron chi connectivity index (χ1n) is 6.48. The van der Waals surface area contributed by atoms with Crippen LogP contribution in [0.4, 0.5) is 0 Å². The van der Waals surface area contributed by atoms with Gasteiger partial charge in [0.15, 0.2) is 0 Å². The van der Waals surface area contributed by atoms with Gasteiger partial charge in [-0.25, -0.2) is 4.98 Å². The highest BCUT2D eigenvalue weighted by atomic mass is 35.5. The number of nitrogens with one attached hydrogen (secondary N) is 1. The molecule has 0 saturated carbocycles. The van der Waals surface area contributed by atoms with Gasteiger partial charge in [0.25, 0.3) is 0 Å². The topological polar surface area (TPSA) is 24.9 Å². The van der Waals surface area contributed by atoms with Crippen molar-refractivity contribution in [3.05, 3.63) is 34.1 Å². The molecule has 0 spiro atoms. The van der Waals surface area contributed by atoms with Gasteiger partial charge in [-0.3, -0.25) is 0 Å². The van der Waals surface area contributed by atoms with Crippen LogP contribution in [0.25, 0.3) is 5.57 Å². The largest absolute Gasteiger partial charge is 0.313 e. The van der Waals surface area contributed by atoms with Crippen LogP contribution in [0.5, 0.6) is 0 Å². The third-order valence-corrected chi connectivity index (χ3v) is 4.69. The first-order valence-corrected chi connectivity index (χ1v) is 7.23. The molecule has 4 heteroatoms. The van der Waals surface area contributed by atoms with Crippen molar-refractivity contribution in [1.82, 2.24) is 10.3 Å². The van der Waals surface area contributed by atoms with Crippen molar-refractivity contribution in [2.45, 2.75) is 31.7 Å². The lowest BCUT2D eigenvalue weighted by molar-refractivity contribution is 0.278. The van der Waals surface area contributed by atoms with E-state index in [-0.39, 0.29) is 0 Å². The van der Waals surface area contributed by atoms with Crippen molar-refractivity contribution < 1.29 is 0 Å². The Labute approximate surface area is 117 Å². The number of piperidine rings is 1. The first kappa shape index (κ1) is 12.5. The van der Waals surface area contributed by atoms with E-state index in [0.29, 0.717) is 16.2 Å². The maximum atomic E-state index is 6.03. The normalized spacial score (nSPS) is 27.6. The minimum Gasteiger partial charge on any atom is -0.313 e. The van der Waals surface area contributed by atoms with Gasteiger partial charge >= 0.3 is 0 Å². The van der Waals surface area contributed by atoms with Crippen molar-refractivity contribution >= 4 is 28.8 Å². The van der Waals surface area contributed by atoms with E-state index in [1.54, 1.807) is 0 Å². The molecule has 0 unspecified atom stereocenters. The number of pyridine rings is 1. The van der Waals surface area contributed by atoms with Crippen LogP contribution in [0.15, 0.2) is 18.3 Å². The fourth-order valence-electron chi connectivity index (χ4n) is 2.99. The van der Waals surface area contributed by atoms with Crippen LogP contribution in [0.1, 0.15) is 31.2 Å². The summed E-state index contributed by atoms with van der Waals surface area (Å²) < 4.78 is 0. The number of aromatic nitrogens is 1. The molecule has 0 radical (unpaired) electrons. The summed E-state index contributed by atoms with van der Waals surface area (Å²) in [6.45, 7) is 1.15. The molecule has 3 rings (SSSR count). The zero-order valence-corrected chi connectivity index (χ0v) is 11.6. The summed E-state index contributed by atoms with van der Waals surface area (Å²) >= 11 is 11.9. The Hall–Kier alpha value is -0.570. The van der Waals surface area contributed by atoms with Gasteiger partial charge in [-0.1, -0.05) is 29.3 Å². The average Bonchev–Trinajstić information content (AvgIpc) is 2.41. The second kappa shape index (κ2) is 5.20. The van der Waals surface area contributed by atoms with Crippen molar-refractivity contribution in [2.75, 3.05) is 6.54 Å². The number of hydrogen-bond acceptors (Lipinski definition) is 2.